The lowest BCUT2D eigenvalue weighted by atomic mass is 9.72. The zero-order chi connectivity index (χ0) is 7.84. The number of hydrogen-bond acceptors (Lipinski definition) is 2. The highest BCUT2D eigenvalue weighted by Crippen LogP contribution is 2.37. The van der Waals surface area contributed by atoms with Gasteiger partial charge in [0.2, 0.25) is 0 Å². The largest absolute Gasteiger partial charge is 0.330 e. The van der Waals surface area contributed by atoms with Crippen LogP contribution in [0.3, 0.4) is 0 Å². The van der Waals surface area contributed by atoms with E-state index in [1.54, 1.807) is 0 Å². The third-order valence-corrected chi connectivity index (χ3v) is 3.56. The lowest BCUT2D eigenvalue weighted by Gasteiger charge is -2.48. The Hall–Kier alpha value is -0.0800. The van der Waals surface area contributed by atoms with Crippen molar-refractivity contribution in [1.29, 1.82) is 0 Å². The number of hydrogen-bond donors (Lipinski definition) is 1. The molecule has 0 spiro atoms. The summed E-state index contributed by atoms with van der Waals surface area (Å²) in [5, 5.41) is 0. The smallest absolute Gasteiger partial charge is 0.00956 e. The summed E-state index contributed by atoms with van der Waals surface area (Å²) in [4.78, 5) is 2.51. The third kappa shape index (κ3) is 1.18. The molecule has 1 aliphatic carbocycles. The van der Waals surface area contributed by atoms with Crippen LogP contribution in [0.2, 0.25) is 0 Å². The van der Waals surface area contributed by atoms with Crippen LogP contribution in [0.15, 0.2) is 0 Å². The highest BCUT2D eigenvalue weighted by molar-refractivity contribution is 4.91. The van der Waals surface area contributed by atoms with E-state index in [9.17, 15) is 0 Å². The Kier molecular flexibility index (Phi) is 1.90. The molecule has 2 N–H and O–H groups in total. The molecular weight excluding hydrogens is 136 g/mol. The number of piperidine rings is 2. The molecule has 2 nitrogen and oxygen atoms in total. The van der Waals surface area contributed by atoms with Gasteiger partial charge in [-0.3, -0.25) is 0 Å². The molecular formula is C9H18N2. The van der Waals surface area contributed by atoms with E-state index in [2.05, 4.69) is 11.9 Å². The second-order valence-corrected chi connectivity index (χ2v) is 4.16. The van der Waals surface area contributed by atoms with Crippen molar-refractivity contribution in [2.24, 2.45) is 17.6 Å². The lowest BCUT2D eigenvalue weighted by molar-refractivity contribution is 0.0271. The van der Waals surface area contributed by atoms with Crippen molar-refractivity contribution in [1.82, 2.24) is 4.90 Å². The van der Waals surface area contributed by atoms with Gasteiger partial charge in [0.15, 0.2) is 0 Å². The molecule has 2 aliphatic heterocycles. The Labute approximate surface area is 68.7 Å². The van der Waals surface area contributed by atoms with E-state index < -0.39 is 0 Å². The van der Waals surface area contributed by atoms with Gasteiger partial charge in [-0.05, 0) is 44.7 Å². The molecule has 3 aliphatic rings. The van der Waals surface area contributed by atoms with Crippen molar-refractivity contribution in [3.63, 3.8) is 0 Å². The number of rotatable bonds is 1. The van der Waals surface area contributed by atoms with Crippen molar-refractivity contribution >= 4 is 0 Å². The standard InChI is InChI=1S/C9H18N2/c1-11-6-7-2-3-9(11)4-8(7)5-10/h7-9H,2-6,10H2,1H3. The molecule has 3 rings (SSSR count). The highest BCUT2D eigenvalue weighted by atomic mass is 15.1. The average molecular weight is 154 g/mol. The monoisotopic (exact) mass is 154 g/mol. The summed E-state index contributed by atoms with van der Waals surface area (Å²) in [6.45, 7) is 2.21. The van der Waals surface area contributed by atoms with E-state index in [4.69, 9.17) is 5.73 Å². The van der Waals surface area contributed by atoms with Crippen LogP contribution in [0.25, 0.3) is 0 Å². The maximum Gasteiger partial charge on any atom is 0.00956 e. The Bertz CT molecular complexity index is 146. The summed E-state index contributed by atoms with van der Waals surface area (Å²) in [6, 6.07) is 0.855. The Morgan fingerprint density at radius 1 is 1.45 bits per heavy atom. The van der Waals surface area contributed by atoms with Gasteiger partial charge in [0.05, 0.1) is 0 Å². The Morgan fingerprint density at radius 2 is 2.27 bits per heavy atom. The van der Waals surface area contributed by atoms with E-state index in [1.165, 1.54) is 25.8 Å². The summed E-state index contributed by atoms with van der Waals surface area (Å²) >= 11 is 0. The first-order valence-electron chi connectivity index (χ1n) is 4.71. The molecule has 3 unspecified atom stereocenters. The molecule has 0 amide bonds. The van der Waals surface area contributed by atoms with Gasteiger partial charge >= 0.3 is 0 Å². The van der Waals surface area contributed by atoms with E-state index >= 15 is 0 Å². The fourth-order valence-electron chi connectivity index (χ4n) is 2.75. The third-order valence-electron chi connectivity index (χ3n) is 3.56. The Morgan fingerprint density at radius 3 is 2.73 bits per heavy atom. The van der Waals surface area contributed by atoms with Crippen LogP contribution >= 0.6 is 0 Å². The molecule has 0 aromatic rings. The minimum absolute atomic E-state index is 0.838. The van der Waals surface area contributed by atoms with Crippen molar-refractivity contribution in [3.8, 4) is 0 Å². The van der Waals surface area contributed by atoms with Gasteiger partial charge in [0.25, 0.3) is 0 Å². The lowest BCUT2D eigenvalue weighted by Crippen LogP contribution is -2.51. The van der Waals surface area contributed by atoms with Crippen LogP contribution < -0.4 is 5.73 Å². The summed E-state index contributed by atoms with van der Waals surface area (Å²) in [5.41, 5.74) is 5.72. The highest BCUT2D eigenvalue weighted by Gasteiger charge is 2.37. The topological polar surface area (TPSA) is 29.3 Å². The minimum Gasteiger partial charge on any atom is -0.330 e. The van der Waals surface area contributed by atoms with Crippen LogP contribution in [-0.2, 0) is 0 Å². The fourth-order valence-corrected chi connectivity index (χ4v) is 2.75. The zero-order valence-corrected chi connectivity index (χ0v) is 7.29. The van der Waals surface area contributed by atoms with Gasteiger partial charge in [-0.15, -0.1) is 0 Å². The second-order valence-electron chi connectivity index (χ2n) is 4.16. The number of nitrogens with zero attached hydrogens (tertiary/aromatic N) is 1. The molecule has 1 saturated carbocycles. The normalized spacial score (nSPS) is 44.7. The first-order valence-corrected chi connectivity index (χ1v) is 4.71. The molecule has 3 atom stereocenters. The first kappa shape index (κ1) is 7.56. The van der Waals surface area contributed by atoms with Crippen molar-refractivity contribution in [3.05, 3.63) is 0 Å². The van der Waals surface area contributed by atoms with Crippen molar-refractivity contribution in [2.45, 2.75) is 25.3 Å². The van der Waals surface area contributed by atoms with Gasteiger partial charge < -0.3 is 10.6 Å². The zero-order valence-electron chi connectivity index (χ0n) is 7.29. The SMILES string of the molecule is CN1CC2CCC1CC2CN. The molecule has 2 heteroatoms. The van der Waals surface area contributed by atoms with Crippen LogP contribution in [0.1, 0.15) is 19.3 Å². The maximum absolute atomic E-state index is 5.72. The summed E-state index contributed by atoms with van der Waals surface area (Å²) < 4.78 is 0. The van der Waals surface area contributed by atoms with Crippen LogP contribution in [0.4, 0.5) is 0 Å². The molecule has 2 heterocycles. The quantitative estimate of drug-likeness (QED) is 0.601. The van der Waals surface area contributed by atoms with Gasteiger partial charge in [-0.25, -0.2) is 0 Å². The fraction of sp³-hybridized carbons (Fsp3) is 1.00. The van der Waals surface area contributed by atoms with Crippen molar-refractivity contribution in [2.75, 3.05) is 20.1 Å². The van der Waals surface area contributed by atoms with Crippen molar-refractivity contribution < 1.29 is 0 Å². The number of nitrogens with two attached hydrogens (primary N) is 1. The van der Waals surface area contributed by atoms with E-state index in [0.29, 0.717) is 0 Å². The molecule has 64 valence electrons. The molecule has 3 fully saturated rings. The summed E-state index contributed by atoms with van der Waals surface area (Å²) in [7, 11) is 2.25. The average Bonchev–Trinajstić information content (AvgIpc) is 2.05. The summed E-state index contributed by atoms with van der Waals surface area (Å²) in [5.74, 6) is 1.75. The predicted octanol–water partition coefficient (Wildman–Crippen LogP) is 0.675. The van der Waals surface area contributed by atoms with Crippen LogP contribution in [0, 0.1) is 11.8 Å². The summed E-state index contributed by atoms with van der Waals surface area (Å²) in [6.07, 6.45) is 4.20. The first-order chi connectivity index (χ1) is 5.31. The molecule has 0 radical (unpaired) electrons. The van der Waals surface area contributed by atoms with E-state index in [-0.39, 0.29) is 0 Å². The Balaban J connectivity index is 2.04. The van der Waals surface area contributed by atoms with Crippen LogP contribution in [0.5, 0.6) is 0 Å². The molecule has 0 aromatic carbocycles. The molecule has 2 saturated heterocycles. The van der Waals surface area contributed by atoms with Gasteiger partial charge in [0.1, 0.15) is 0 Å². The van der Waals surface area contributed by atoms with Gasteiger partial charge in [-0.1, -0.05) is 0 Å². The molecule has 11 heavy (non-hydrogen) atoms. The number of fused-ring (bicyclic) bond motifs is 3. The van der Waals surface area contributed by atoms with Gasteiger partial charge in [-0.2, -0.15) is 0 Å². The second kappa shape index (κ2) is 2.76. The van der Waals surface area contributed by atoms with E-state index in [0.717, 1.165) is 24.4 Å². The predicted molar refractivity (Wildman–Crippen MR) is 46.3 cm³/mol. The van der Waals surface area contributed by atoms with E-state index in [1.807, 2.05) is 0 Å². The maximum atomic E-state index is 5.72. The molecule has 0 aromatic heterocycles. The molecule has 2 bridgehead atoms. The van der Waals surface area contributed by atoms with Gasteiger partial charge in [0, 0.05) is 12.6 Å². The minimum atomic E-state index is 0.838. The van der Waals surface area contributed by atoms with Crippen LogP contribution in [-0.4, -0.2) is 31.1 Å².